The maximum Gasteiger partial charge on any atom is 0.0314 e. The van der Waals surface area contributed by atoms with Gasteiger partial charge in [-0.15, -0.1) is 0 Å². The van der Waals surface area contributed by atoms with E-state index in [1.165, 1.54) is 168 Å². The SMILES string of the molecule is CCCCCCCCCC(c1ccc(N)cc1)c1ccc(C2(c3ccc(C(CCCCCCCCC)c4ccc(N)cc4)cc3)CCC(CC)CC2)cc1. The van der Waals surface area contributed by atoms with E-state index < -0.39 is 0 Å². The van der Waals surface area contributed by atoms with E-state index in [4.69, 9.17) is 11.5 Å². The number of nitrogens with two attached hydrogens (primary N) is 2. The Kier molecular flexibility index (Phi) is 17.1. The lowest BCUT2D eigenvalue weighted by atomic mass is 9.62. The van der Waals surface area contributed by atoms with Crippen LogP contribution in [-0.2, 0) is 5.41 Å². The fourth-order valence-corrected chi connectivity index (χ4v) is 9.51. The topological polar surface area (TPSA) is 52.0 Å². The molecule has 54 heavy (non-hydrogen) atoms. The Morgan fingerprint density at radius 2 is 0.759 bits per heavy atom. The van der Waals surface area contributed by atoms with Crippen molar-refractivity contribution in [2.24, 2.45) is 5.92 Å². The van der Waals surface area contributed by atoms with Crippen molar-refractivity contribution in [3.05, 3.63) is 130 Å². The predicted molar refractivity (Wildman–Crippen MR) is 237 cm³/mol. The van der Waals surface area contributed by atoms with Crippen LogP contribution in [-0.4, -0.2) is 0 Å². The molecule has 2 unspecified atom stereocenters. The average Bonchev–Trinajstić information content (AvgIpc) is 3.21. The summed E-state index contributed by atoms with van der Waals surface area (Å²) in [4.78, 5) is 0. The Morgan fingerprint density at radius 3 is 1.09 bits per heavy atom. The average molecular weight is 727 g/mol. The van der Waals surface area contributed by atoms with E-state index >= 15 is 0 Å². The van der Waals surface area contributed by atoms with Crippen LogP contribution in [0.2, 0.25) is 0 Å². The Bertz CT molecular complexity index is 1460. The first-order chi connectivity index (χ1) is 26.5. The van der Waals surface area contributed by atoms with Crippen LogP contribution in [0, 0.1) is 5.92 Å². The van der Waals surface area contributed by atoms with Crippen LogP contribution >= 0.6 is 0 Å². The molecule has 292 valence electrons. The molecule has 4 aromatic rings. The zero-order valence-electron chi connectivity index (χ0n) is 34.5. The molecule has 0 aliphatic heterocycles. The van der Waals surface area contributed by atoms with Crippen molar-refractivity contribution < 1.29 is 0 Å². The number of unbranched alkanes of at least 4 members (excludes halogenated alkanes) is 12. The van der Waals surface area contributed by atoms with Gasteiger partial charge in [-0.2, -0.15) is 0 Å². The van der Waals surface area contributed by atoms with Gasteiger partial charge in [-0.1, -0.05) is 190 Å². The molecule has 1 aliphatic carbocycles. The summed E-state index contributed by atoms with van der Waals surface area (Å²) < 4.78 is 0. The van der Waals surface area contributed by atoms with Gasteiger partial charge in [0.1, 0.15) is 0 Å². The van der Waals surface area contributed by atoms with E-state index in [9.17, 15) is 0 Å². The molecular formula is C52H74N2. The molecule has 0 radical (unpaired) electrons. The number of hydrogen-bond donors (Lipinski definition) is 2. The van der Waals surface area contributed by atoms with Gasteiger partial charge in [0.2, 0.25) is 0 Å². The van der Waals surface area contributed by atoms with Crippen molar-refractivity contribution in [1.29, 1.82) is 0 Å². The highest BCUT2D eigenvalue weighted by atomic mass is 14.5. The minimum Gasteiger partial charge on any atom is -0.399 e. The molecule has 4 N–H and O–H groups in total. The van der Waals surface area contributed by atoms with Crippen molar-refractivity contribution in [1.82, 2.24) is 0 Å². The maximum atomic E-state index is 6.14. The summed E-state index contributed by atoms with van der Waals surface area (Å²) in [5.74, 6) is 1.65. The van der Waals surface area contributed by atoms with Crippen molar-refractivity contribution >= 4 is 11.4 Å². The van der Waals surface area contributed by atoms with Gasteiger partial charge in [-0.05, 0) is 102 Å². The minimum atomic E-state index is 0.0626. The Balaban J connectivity index is 1.37. The Hall–Kier alpha value is -3.52. The Labute approximate surface area is 330 Å². The number of anilines is 2. The van der Waals surface area contributed by atoms with E-state index in [0.717, 1.165) is 17.3 Å². The van der Waals surface area contributed by atoms with Gasteiger partial charge >= 0.3 is 0 Å². The lowest BCUT2D eigenvalue weighted by molar-refractivity contribution is 0.260. The summed E-state index contributed by atoms with van der Waals surface area (Å²) in [6, 6.07) is 37.3. The van der Waals surface area contributed by atoms with Crippen LogP contribution in [0.3, 0.4) is 0 Å². The van der Waals surface area contributed by atoms with Crippen LogP contribution in [0.5, 0.6) is 0 Å². The third-order valence-electron chi connectivity index (χ3n) is 13.1. The van der Waals surface area contributed by atoms with Crippen LogP contribution in [0.15, 0.2) is 97.1 Å². The molecule has 4 aromatic carbocycles. The largest absolute Gasteiger partial charge is 0.399 e. The summed E-state index contributed by atoms with van der Waals surface area (Å²) in [7, 11) is 0. The van der Waals surface area contributed by atoms with E-state index in [1.807, 2.05) is 0 Å². The third kappa shape index (κ3) is 11.7. The molecule has 0 bridgehead atoms. The molecule has 1 saturated carbocycles. The van der Waals surface area contributed by atoms with Crippen molar-refractivity contribution in [2.45, 2.75) is 173 Å². The molecule has 2 atom stereocenters. The lowest BCUT2D eigenvalue weighted by Gasteiger charge is -2.41. The van der Waals surface area contributed by atoms with E-state index in [-0.39, 0.29) is 5.41 Å². The van der Waals surface area contributed by atoms with Crippen molar-refractivity contribution in [2.75, 3.05) is 11.5 Å². The van der Waals surface area contributed by atoms with Gasteiger partial charge in [0, 0.05) is 28.6 Å². The Morgan fingerprint density at radius 1 is 0.444 bits per heavy atom. The highest BCUT2D eigenvalue weighted by Crippen LogP contribution is 2.48. The second-order valence-electron chi connectivity index (χ2n) is 16.9. The molecule has 5 rings (SSSR count). The van der Waals surface area contributed by atoms with Crippen molar-refractivity contribution in [3.63, 3.8) is 0 Å². The fraction of sp³-hybridized carbons (Fsp3) is 0.538. The number of hydrogen-bond acceptors (Lipinski definition) is 2. The third-order valence-corrected chi connectivity index (χ3v) is 13.1. The molecule has 0 heterocycles. The van der Waals surface area contributed by atoms with Crippen LogP contribution in [0.25, 0.3) is 0 Å². The fourth-order valence-electron chi connectivity index (χ4n) is 9.51. The highest BCUT2D eigenvalue weighted by molar-refractivity contribution is 5.47. The molecule has 0 aromatic heterocycles. The number of nitrogen functional groups attached to an aromatic ring is 2. The minimum absolute atomic E-state index is 0.0626. The summed E-state index contributed by atoms with van der Waals surface area (Å²) in [5, 5.41) is 0. The maximum absolute atomic E-state index is 6.14. The molecule has 0 amide bonds. The van der Waals surface area contributed by atoms with Crippen LogP contribution in [0.1, 0.15) is 201 Å². The van der Waals surface area contributed by atoms with Gasteiger partial charge in [-0.3, -0.25) is 0 Å². The lowest BCUT2D eigenvalue weighted by Crippen LogP contribution is -2.33. The van der Waals surface area contributed by atoms with E-state index in [2.05, 4.69) is 118 Å². The first-order valence-corrected chi connectivity index (χ1v) is 22.4. The summed E-state index contributed by atoms with van der Waals surface area (Å²) >= 11 is 0. The first-order valence-electron chi connectivity index (χ1n) is 22.4. The monoisotopic (exact) mass is 727 g/mol. The second-order valence-corrected chi connectivity index (χ2v) is 16.9. The van der Waals surface area contributed by atoms with E-state index in [0.29, 0.717) is 11.8 Å². The number of benzene rings is 4. The zero-order valence-corrected chi connectivity index (χ0v) is 34.5. The van der Waals surface area contributed by atoms with Crippen LogP contribution < -0.4 is 11.5 Å². The zero-order chi connectivity index (χ0) is 38.0. The highest BCUT2D eigenvalue weighted by Gasteiger charge is 2.38. The molecule has 1 fully saturated rings. The van der Waals surface area contributed by atoms with E-state index in [1.54, 1.807) is 0 Å². The van der Waals surface area contributed by atoms with Gasteiger partial charge in [-0.25, -0.2) is 0 Å². The summed E-state index contributed by atoms with van der Waals surface area (Å²) in [6.07, 6.45) is 27.5. The van der Waals surface area contributed by atoms with Gasteiger partial charge in [0.15, 0.2) is 0 Å². The first kappa shape index (κ1) is 41.6. The second kappa shape index (κ2) is 22.1. The molecule has 0 saturated heterocycles. The van der Waals surface area contributed by atoms with Gasteiger partial charge < -0.3 is 11.5 Å². The molecule has 2 nitrogen and oxygen atoms in total. The summed E-state index contributed by atoms with van der Waals surface area (Å²) in [6.45, 7) is 6.98. The number of rotatable bonds is 23. The predicted octanol–water partition coefficient (Wildman–Crippen LogP) is 15.3. The van der Waals surface area contributed by atoms with Gasteiger partial charge in [0.25, 0.3) is 0 Å². The molecule has 0 spiro atoms. The normalized spacial score (nSPS) is 18.4. The standard InChI is InChI=1S/C52H74N2/c1-4-7-9-11-13-15-17-19-50(44-25-33-48(53)34-26-44)42-21-29-46(30-22-42)52(39-37-41(6-3)38-40-52)47-31-23-43(24-32-47)51(45-27-35-49(54)36-28-45)20-18-16-14-12-10-8-5-2/h21-36,41,50-51H,4-20,37-40,53-54H2,1-3H3. The van der Waals surface area contributed by atoms with Crippen molar-refractivity contribution in [3.8, 4) is 0 Å². The van der Waals surface area contributed by atoms with Gasteiger partial charge in [0.05, 0.1) is 0 Å². The smallest absolute Gasteiger partial charge is 0.0314 e. The molecule has 1 aliphatic rings. The molecule has 2 heteroatoms. The quantitative estimate of drug-likeness (QED) is 0.0590. The van der Waals surface area contributed by atoms with Crippen LogP contribution in [0.4, 0.5) is 11.4 Å². The summed E-state index contributed by atoms with van der Waals surface area (Å²) in [5.41, 5.74) is 22.7. The molecular weight excluding hydrogens is 653 g/mol.